The van der Waals surface area contributed by atoms with E-state index in [9.17, 15) is 0 Å². The van der Waals surface area contributed by atoms with Crippen molar-refractivity contribution in [3.8, 4) is 0 Å². The Bertz CT molecular complexity index is 709. The molecule has 2 saturated heterocycles. The number of halogens is 1. The molecule has 1 aliphatic carbocycles. The topological polar surface area (TPSA) is 40.1 Å². The summed E-state index contributed by atoms with van der Waals surface area (Å²) in [6.07, 6.45) is 7.69. The lowest BCUT2D eigenvalue weighted by Crippen LogP contribution is -2.56. The first-order valence-corrected chi connectivity index (χ1v) is 12.6. The second-order valence-corrected chi connectivity index (χ2v) is 9.78. The molecule has 0 amide bonds. The number of likely N-dealkylation sites (tertiary alicyclic amines) is 2. The third-order valence-corrected chi connectivity index (χ3v) is 7.55. The van der Waals surface area contributed by atoms with Gasteiger partial charge in [0.1, 0.15) is 0 Å². The van der Waals surface area contributed by atoms with E-state index in [1.165, 1.54) is 44.2 Å². The predicted octanol–water partition coefficient (Wildman–Crippen LogP) is 4.76. The lowest BCUT2D eigenvalue weighted by molar-refractivity contribution is 0.0372. The fraction of sp³-hybridized carbons (Fsp3) is 0.731. The number of piperidine rings is 2. The Morgan fingerprint density at radius 2 is 1.97 bits per heavy atom. The molecule has 3 aliphatic rings. The Labute approximate surface area is 212 Å². The van der Waals surface area contributed by atoms with Crippen LogP contribution in [0, 0.1) is 11.3 Å². The molecule has 0 bridgehead atoms. The number of ether oxygens (including phenoxy) is 1. The van der Waals surface area contributed by atoms with Gasteiger partial charge in [0.2, 0.25) is 0 Å². The van der Waals surface area contributed by atoms with Crippen LogP contribution in [0.2, 0.25) is 0 Å². The molecule has 0 radical (unpaired) electrons. The van der Waals surface area contributed by atoms with E-state index >= 15 is 0 Å². The summed E-state index contributed by atoms with van der Waals surface area (Å²) >= 11 is 0. The van der Waals surface area contributed by atoms with E-state index in [1.807, 2.05) is 0 Å². The van der Waals surface area contributed by atoms with Crippen molar-refractivity contribution in [1.82, 2.24) is 15.1 Å². The largest absolute Gasteiger partial charge is 0.382 e. The standard InChI is InChI=1S/C26H42N4O.HI/c1-3-27-25(28-21-26(13-14-26)15-18-31-4-2)30-17-12-24-23(20-30)11-8-16-29(24)19-22-9-6-5-7-10-22;/h5-7,9-10,23-24H,3-4,8,11-21H2,1-2H3,(H,27,28);1H. The zero-order valence-electron chi connectivity index (χ0n) is 20.1. The first-order chi connectivity index (χ1) is 15.2. The third kappa shape index (κ3) is 6.83. The van der Waals surface area contributed by atoms with Gasteiger partial charge in [-0.05, 0) is 75.8 Å². The smallest absolute Gasteiger partial charge is 0.193 e. The molecule has 1 aromatic rings. The van der Waals surface area contributed by atoms with Gasteiger partial charge in [-0.1, -0.05) is 30.3 Å². The maximum Gasteiger partial charge on any atom is 0.193 e. The quantitative estimate of drug-likeness (QED) is 0.207. The fourth-order valence-electron chi connectivity index (χ4n) is 5.48. The summed E-state index contributed by atoms with van der Waals surface area (Å²) in [5.74, 6) is 1.90. The maximum absolute atomic E-state index is 5.61. The van der Waals surface area contributed by atoms with Crippen molar-refractivity contribution < 1.29 is 4.74 Å². The van der Waals surface area contributed by atoms with Gasteiger partial charge >= 0.3 is 0 Å². The number of benzene rings is 1. The van der Waals surface area contributed by atoms with Crippen LogP contribution < -0.4 is 5.32 Å². The minimum absolute atomic E-state index is 0. The normalized spacial score (nSPS) is 25.1. The van der Waals surface area contributed by atoms with Crippen LogP contribution in [-0.2, 0) is 11.3 Å². The number of hydrogen-bond acceptors (Lipinski definition) is 3. The Kier molecular flexibility index (Phi) is 10.1. The van der Waals surface area contributed by atoms with Gasteiger partial charge in [0.25, 0.3) is 0 Å². The zero-order valence-corrected chi connectivity index (χ0v) is 22.4. The van der Waals surface area contributed by atoms with Crippen molar-refractivity contribution in [3.05, 3.63) is 35.9 Å². The molecule has 5 nitrogen and oxygen atoms in total. The number of nitrogens with zero attached hydrogens (tertiary/aromatic N) is 3. The van der Waals surface area contributed by atoms with Crippen LogP contribution in [0.5, 0.6) is 0 Å². The molecule has 1 aromatic carbocycles. The van der Waals surface area contributed by atoms with Crippen molar-refractivity contribution in [2.24, 2.45) is 16.3 Å². The van der Waals surface area contributed by atoms with E-state index in [0.717, 1.165) is 64.2 Å². The van der Waals surface area contributed by atoms with Crippen molar-refractivity contribution in [2.45, 2.75) is 65.0 Å². The number of guanidine groups is 1. The van der Waals surface area contributed by atoms with Crippen molar-refractivity contribution in [1.29, 1.82) is 0 Å². The summed E-state index contributed by atoms with van der Waals surface area (Å²) in [4.78, 5) is 10.4. The molecule has 4 rings (SSSR count). The van der Waals surface area contributed by atoms with E-state index in [4.69, 9.17) is 9.73 Å². The van der Waals surface area contributed by atoms with Crippen LogP contribution in [0.4, 0.5) is 0 Å². The zero-order chi connectivity index (χ0) is 21.5. The Balaban J connectivity index is 0.00000289. The summed E-state index contributed by atoms with van der Waals surface area (Å²) in [5.41, 5.74) is 1.85. The molecule has 180 valence electrons. The molecule has 32 heavy (non-hydrogen) atoms. The van der Waals surface area contributed by atoms with E-state index in [0.29, 0.717) is 11.5 Å². The first kappa shape index (κ1) is 25.8. The van der Waals surface area contributed by atoms with Gasteiger partial charge in [-0.2, -0.15) is 0 Å². The average molecular weight is 555 g/mol. The highest BCUT2D eigenvalue weighted by Crippen LogP contribution is 2.49. The molecular formula is C26H43IN4O. The van der Waals surface area contributed by atoms with E-state index in [-0.39, 0.29) is 24.0 Å². The minimum atomic E-state index is 0. The molecule has 6 heteroatoms. The van der Waals surface area contributed by atoms with Crippen molar-refractivity contribution >= 4 is 29.9 Å². The molecular weight excluding hydrogens is 511 g/mol. The Morgan fingerprint density at radius 1 is 1.16 bits per heavy atom. The van der Waals surface area contributed by atoms with Crippen LogP contribution in [0.15, 0.2) is 35.3 Å². The number of fused-ring (bicyclic) bond motifs is 1. The molecule has 1 saturated carbocycles. The van der Waals surface area contributed by atoms with E-state index in [2.05, 4.69) is 59.3 Å². The molecule has 0 aromatic heterocycles. The summed E-state index contributed by atoms with van der Waals surface area (Å²) in [6.45, 7) is 12.5. The van der Waals surface area contributed by atoms with Crippen molar-refractivity contribution in [2.75, 3.05) is 45.9 Å². The summed E-state index contributed by atoms with van der Waals surface area (Å²) in [7, 11) is 0. The molecule has 2 heterocycles. The van der Waals surface area contributed by atoms with Gasteiger partial charge in [0.15, 0.2) is 5.96 Å². The van der Waals surface area contributed by atoms with Crippen LogP contribution in [-0.4, -0.2) is 67.7 Å². The van der Waals surface area contributed by atoms with Gasteiger partial charge < -0.3 is 15.0 Å². The number of rotatable bonds is 9. The molecule has 0 spiro atoms. The van der Waals surface area contributed by atoms with Gasteiger partial charge in [-0.25, -0.2) is 0 Å². The fourth-order valence-corrected chi connectivity index (χ4v) is 5.48. The highest BCUT2D eigenvalue weighted by atomic mass is 127. The predicted molar refractivity (Wildman–Crippen MR) is 144 cm³/mol. The lowest BCUT2D eigenvalue weighted by atomic mass is 9.83. The van der Waals surface area contributed by atoms with Gasteiger partial charge in [-0.15, -0.1) is 24.0 Å². The van der Waals surface area contributed by atoms with Crippen LogP contribution >= 0.6 is 24.0 Å². The summed E-state index contributed by atoms with van der Waals surface area (Å²) in [6, 6.07) is 11.7. The minimum Gasteiger partial charge on any atom is -0.382 e. The highest BCUT2D eigenvalue weighted by Gasteiger charge is 2.42. The monoisotopic (exact) mass is 554 g/mol. The number of nitrogens with one attached hydrogen (secondary N) is 1. The second kappa shape index (κ2) is 12.6. The summed E-state index contributed by atoms with van der Waals surface area (Å²) < 4.78 is 5.61. The number of hydrogen-bond donors (Lipinski definition) is 1. The Morgan fingerprint density at radius 3 is 2.69 bits per heavy atom. The van der Waals surface area contributed by atoms with Crippen LogP contribution in [0.3, 0.4) is 0 Å². The first-order valence-electron chi connectivity index (χ1n) is 12.6. The highest BCUT2D eigenvalue weighted by molar-refractivity contribution is 14.0. The molecule has 2 unspecified atom stereocenters. The SMILES string of the molecule is CCNC(=NCC1(CCOCC)CC1)N1CCC2C(CCCN2Cc2ccccc2)C1.I. The maximum atomic E-state index is 5.61. The van der Waals surface area contributed by atoms with Gasteiger partial charge in [0.05, 0.1) is 0 Å². The van der Waals surface area contributed by atoms with Gasteiger partial charge in [0, 0.05) is 52.0 Å². The molecule has 3 fully saturated rings. The van der Waals surface area contributed by atoms with Crippen molar-refractivity contribution in [3.63, 3.8) is 0 Å². The van der Waals surface area contributed by atoms with E-state index < -0.39 is 0 Å². The molecule has 2 atom stereocenters. The second-order valence-electron chi connectivity index (χ2n) is 9.78. The van der Waals surface area contributed by atoms with E-state index in [1.54, 1.807) is 0 Å². The molecule has 1 N–H and O–H groups in total. The van der Waals surface area contributed by atoms with Gasteiger partial charge in [-0.3, -0.25) is 9.89 Å². The number of aliphatic imine (C=N–C) groups is 1. The lowest BCUT2D eigenvalue weighted by Gasteiger charge is -2.48. The third-order valence-electron chi connectivity index (χ3n) is 7.55. The average Bonchev–Trinajstić information content (AvgIpc) is 3.57. The van der Waals surface area contributed by atoms with Crippen LogP contribution in [0.1, 0.15) is 57.9 Å². The van der Waals surface area contributed by atoms with Crippen LogP contribution in [0.25, 0.3) is 0 Å². The molecule has 2 aliphatic heterocycles. The summed E-state index contributed by atoms with van der Waals surface area (Å²) in [5, 5.41) is 3.60. The Hall–Kier alpha value is -0.860.